The van der Waals surface area contributed by atoms with Crippen LogP contribution in [0.4, 0.5) is 0 Å². The topological polar surface area (TPSA) is 194 Å². The second kappa shape index (κ2) is 6.80. The molecule has 4 rings (SSSR count). The lowest BCUT2D eigenvalue weighted by atomic mass is 9.85. The molecule has 0 aromatic heterocycles. The van der Waals surface area contributed by atoms with E-state index >= 15 is 0 Å². The Morgan fingerprint density at radius 1 is 1.17 bits per heavy atom. The quantitative estimate of drug-likeness (QED) is 0.179. The van der Waals surface area contributed by atoms with Gasteiger partial charge in [0.1, 0.15) is 6.04 Å². The number of rotatable bonds is 4. The smallest absolute Gasteiger partial charge is 0.338 e. The van der Waals surface area contributed by atoms with Crippen LogP contribution in [0, 0.1) is 17.7 Å². The first-order valence-corrected chi connectivity index (χ1v) is 9.39. The molecule has 5 atom stereocenters. The molecule has 0 bridgehead atoms. The number of esters is 1. The molecule has 162 valence electrons. The van der Waals surface area contributed by atoms with Crippen molar-refractivity contribution in [3.63, 3.8) is 0 Å². The molecule has 3 fully saturated rings. The first kappa shape index (κ1) is 20.3. The molecule has 3 aliphatic rings. The number of benzene rings is 1. The standard InChI is InChI=1S/C18H24N6O6/c1-8-2-4-9(5-3-8)14(27)30-13-11(7-26)24-16(20)21-10(6-25)12-17(24,18(13,28)29)23-15(19)22-12/h2-5,10-13,25-26,28-29H,6-7H2,1H3,(H2,20,21)(H3,19,22,23)/t10-,11+,12-,13-,17-/m0/s1. The van der Waals surface area contributed by atoms with E-state index < -0.39 is 54.9 Å². The fourth-order valence-electron chi connectivity index (χ4n) is 4.58. The van der Waals surface area contributed by atoms with Gasteiger partial charge in [-0.3, -0.25) is 10.8 Å². The predicted molar refractivity (Wildman–Crippen MR) is 103 cm³/mol. The summed E-state index contributed by atoms with van der Waals surface area (Å²) in [5, 5.41) is 66.5. The molecule has 3 aliphatic heterocycles. The van der Waals surface area contributed by atoms with Gasteiger partial charge in [0.15, 0.2) is 23.7 Å². The average molecular weight is 420 g/mol. The molecule has 30 heavy (non-hydrogen) atoms. The van der Waals surface area contributed by atoms with Crippen LogP contribution in [-0.4, -0.2) is 92.1 Å². The minimum absolute atomic E-state index is 0.179. The van der Waals surface area contributed by atoms with E-state index in [0.29, 0.717) is 0 Å². The van der Waals surface area contributed by atoms with Crippen molar-refractivity contribution in [2.24, 2.45) is 0 Å². The minimum Gasteiger partial charge on any atom is -0.451 e. The number of nitrogens with one attached hydrogen (secondary N) is 5. The molecule has 0 unspecified atom stereocenters. The predicted octanol–water partition coefficient (Wildman–Crippen LogP) is -3.03. The van der Waals surface area contributed by atoms with Crippen LogP contribution in [-0.2, 0) is 4.74 Å². The van der Waals surface area contributed by atoms with Gasteiger partial charge in [-0.25, -0.2) is 4.79 Å². The molecule has 1 spiro atoms. The van der Waals surface area contributed by atoms with E-state index in [1.54, 1.807) is 12.1 Å². The van der Waals surface area contributed by atoms with E-state index in [2.05, 4.69) is 16.0 Å². The monoisotopic (exact) mass is 420 g/mol. The highest BCUT2D eigenvalue weighted by molar-refractivity contribution is 5.90. The molecule has 0 radical (unpaired) electrons. The van der Waals surface area contributed by atoms with Crippen LogP contribution >= 0.6 is 0 Å². The Bertz CT molecular complexity index is 892. The Morgan fingerprint density at radius 3 is 2.43 bits per heavy atom. The van der Waals surface area contributed by atoms with E-state index in [1.807, 2.05) is 6.92 Å². The summed E-state index contributed by atoms with van der Waals surface area (Å²) in [6, 6.07) is 3.41. The van der Waals surface area contributed by atoms with Crippen LogP contribution in [0.5, 0.6) is 0 Å². The highest BCUT2D eigenvalue weighted by atomic mass is 16.6. The normalized spacial score (nSPS) is 33.8. The number of ether oxygens (including phenoxy) is 1. The largest absolute Gasteiger partial charge is 0.451 e. The van der Waals surface area contributed by atoms with Gasteiger partial charge in [-0.1, -0.05) is 17.7 Å². The number of carbonyl (C=O) groups excluding carboxylic acids is 1. The molecular weight excluding hydrogens is 396 g/mol. The summed E-state index contributed by atoms with van der Waals surface area (Å²) in [5.41, 5.74) is -0.836. The van der Waals surface area contributed by atoms with Crippen molar-refractivity contribution < 1.29 is 30.0 Å². The molecule has 3 saturated heterocycles. The van der Waals surface area contributed by atoms with Crippen molar-refractivity contribution in [3.05, 3.63) is 35.4 Å². The summed E-state index contributed by atoms with van der Waals surface area (Å²) >= 11 is 0. The van der Waals surface area contributed by atoms with Gasteiger partial charge in [0.25, 0.3) is 0 Å². The Kier molecular flexibility index (Phi) is 4.62. The van der Waals surface area contributed by atoms with Crippen LogP contribution in [0.15, 0.2) is 24.3 Å². The van der Waals surface area contributed by atoms with Crippen LogP contribution in [0.1, 0.15) is 15.9 Å². The Morgan fingerprint density at radius 2 is 1.83 bits per heavy atom. The highest BCUT2D eigenvalue weighted by Crippen LogP contribution is 2.47. The fourth-order valence-corrected chi connectivity index (χ4v) is 4.58. The van der Waals surface area contributed by atoms with Gasteiger partial charge < -0.3 is 46.0 Å². The lowest BCUT2D eigenvalue weighted by molar-refractivity contribution is -0.259. The number of aryl methyl sites for hydroxylation is 1. The maximum Gasteiger partial charge on any atom is 0.338 e. The van der Waals surface area contributed by atoms with Gasteiger partial charge in [-0.15, -0.1) is 0 Å². The van der Waals surface area contributed by atoms with Crippen LogP contribution in [0.2, 0.25) is 0 Å². The minimum atomic E-state index is -2.83. The van der Waals surface area contributed by atoms with Gasteiger partial charge >= 0.3 is 5.97 Å². The third-order valence-corrected chi connectivity index (χ3v) is 5.95. The fraction of sp³-hybridized carbons (Fsp3) is 0.500. The summed E-state index contributed by atoms with van der Waals surface area (Å²) in [4.78, 5) is 13.8. The summed E-state index contributed by atoms with van der Waals surface area (Å²) in [6.45, 7) is 0.700. The van der Waals surface area contributed by atoms with Crippen LogP contribution < -0.4 is 16.0 Å². The summed E-state index contributed by atoms with van der Waals surface area (Å²) in [6.07, 6.45) is -1.67. The molecular formula is C18H24N6O6. The maximum atomic E-state index is 12.7. The molecule has 12 heteroatoms. The zero-order valence-electron chi connectivity index (χ0n) is 16.1. The molecule has 1 aromatic carbocycles. The van der Waals surface area contributed by atoms with Gasteiger partial charge in [0.2, 0.25) is 5.79 Å². The summed E-state index contributed by atoms with van der Waals surface area (Å²) < 4.78 is 5.44. The molecule has 1 aromatic rings. The van der Waals surface area contributed by atoms with Crippen molar-refractivity contribution in [1.82, 2.24) is 20.9 Å². The first-order valence-electron chi connectivity index (χ1n) is 9.39. The first-order chi connectivity index (χ1) is 14.2. The summed E-state index contributed by atoms with van der Waals surface area (Å²) in [7, 11) is 0. The number of carbonyl (C=O) groups is 1. The summed E-state index contributed by atoms with van der Waals surface area (Å²) in [5.74, 6) is -4.26. The number of aliphatic hydroxyl groups excluding tert-OH is 2. The van der Waals surface area contributed by atoms with E-state index in [9.17, 15) is 25.2 Å². The van der Waals surface area contributed by atoms with E-state index in [-0.39, 0.29) is 17.5 Å². The zero-order chi connectivity index (χ0) is 21.8. The Labute approximate surface area is 171 Å². The Balaban J connectivity index is 1.76. The van der Waals surface area contributed by atoms with Gasteiger partial charge in [0.05, 0.1) is 30.9 Å². The Hall–Kier alpha value is -2.93. The number of aliphatic hydroxyl groups is 4. The molecule has 0 amide bonds. The van der Waals surface area contributed by atoms with Crippen molar-refractivity contribution >= 4 is 17.9 Å². The van der Waals surface area contributed by atoms with Gasteiger partial charge in [-0.05, 0) is 19.1 Å². The van der Waals surface area contributed by atoms with Crippen molar-refractivity contribution in [1.29, 1.82) is 10.8 Å². The zero-order valence-corrected chi connectivity index (χ0v) is 16.1. The number of guanidine groups is 2. The molecule has 0 aliphatic carbocycles. The average Bonchev–Trinajstić information content (AvgIpc) is 3.15. The van der Waals surface area contributed by atoms with Crippen molar-refractivity contribution in [2.45, 2.75) is 42.6 Å². The lowest BCUT2D eigenvalue weighted by Crippen LogP contribution is -2.81. The molecule has 0 saturated carbocycles. The second-order valence-electron chi connectivity index (χ2n) is 7.71. The van der Waals surface area contributed by atoms with E-state index in [0.717, 1.165) is 10.5 Å². The third-order valence-electron chi connectivity index (χ3n) is 5.95. The van der Waals surface area contributed by atoms with Gasteiger partial charge in [0, 0.05) is 0 Å². The van der Waals surface area contributed by atoms with Crippen molar-refractivity contribution in [2.75, 3.05) is 13.2 Å². The van der Waals surface area contributed by atoms with Gasteiger partial charge in [-0.2, -0.15) is 0 Å². The molecule has 3 heterocycles. The number of nitrogens with zero attached hydrogens (tertiary/aromatic N) is 1. The number of hydrogen-bond acceptors (Lipinski definition) is 8. The van der Waals surface area contributed by atoms with Crippen molar-refractivity contribution in [3.8, 4) is 0 Å². The molecule has 9 N–H and O–H groups in total. The van der Waals surface area contributed by atoms with E-state index in [1.165, 1.54) is 12.1 Å². The van der Waals surface area contributed by atoms with E-state index in [4.69, 9.17) is 15.6 Å². The number of hydrogen-bond donors (Lipinski definition) is 9. The maximum absolute atomic E-state index is 12.7. The van der Waals surface area contributed by atoms with Crippen LogP contribution in [0.25, 0.3) is 0 Å². The second-order valence-corrected chi connectivity index (χ2v) is 7.71. The third kappa shape index (κ3) is 2.58. The lowest BCUT2D eigenvalue weighted by Gasteiger charge is -2.51. The van der Waals surface area contributed by atoms with Crippen LogP contribution in [0.3, 0.4) is 0 Å². The SMILES string of the molecule is Cc1ccc(C(=O)O[C@H]2[C@@H](CO)N3C(=N)N[C@@H](CO)[C@@H]4NC(=N)N[C@@]43C2(O)O)cc1. The molecule has 12 nitrogen and oxygen atoms in total. The highest BCUT2D eigenvalue weighted by Gasteiger charge is 2.78.